The summed E-state index contributed by atoms with van der Waals surface area (Å²) in [6, 6.07) is 13.4. The summed E-state index contributed by atoms with van der Waals surface area (Å²) >= 11 is 0. The van der Waals surface area contributed by atoms with Crippen molar-refractivity contribution in [1.82, 2.24) is 0 Å². The van der Waals surface area contributed by atoms with Gasteiger partial charge in [-0.05, 0) is 41.8 Å². The SMILES string of the molecule is Nc1ccc(C(Cc2cccc(O)c2)C(=O)O)cc1. The molecule has 0 aliphatic carbocycles. The predicted molar refractivity (Wildman–Crippen MR) is 73.0 cm³/mol. The Bertz CT molecular complexity index is 578. The quantitative estimate of drug-likeness (QED) is 0.734. The summed E-state index contributed by atoms with van der Waals surface area (Å²) in [4.78, 5) is 11.4. The molecule has 2 rings (SSSR count). The number of nitrogen functional groups attached to an aromatic ring is 1. The van der Waals surface area contributed by atoms with Gasteiger partial charge in [-0.1, -0.05) is 24.3 Å². The van der Waals surface area contributed by atoms with Crippen LogP contribution in [0.15, 0.2) is 48.5 Å². The highest BCUT2D eigenvalue weighted by Crippen LogP contribution is 2.24. The zero-order valence-electron chi connectivity index (χ0n) is 10.3. The van der Waals surface area contributed by atoms with Gasteiger partial charge in [-0.15, -0.1) is 0 Å². The number of phenolic OH excluding ortho intramolecular Hbond substituents is 1. The molecule has 0 spiro atoms. The smallest absolute Gasteiger partial charge is 0.311 e. The lowest BCUT2D eigenvalue weighted by atomic mass is 9.92. The number of hydrogen-bond acceptors (Lipinski definition) is 3. The Hall–Kier alpha value is -2.49. The number of nitrogens with two attached hydrogens (primary N) is 1. The molecule has 4 heteroatoms. The Balaban J connectivity index is 2.26. The maximum Gasteiger partial charge on any atom is 0.311 e. The highest BCUT2D eigenvalue weighted by molar-refractivity contribution is 5.76. The Morgan fingerprint density at radius 2 is 1.84 bits per heavy atom. The van der Waals surface area contributed by atoms with Gasteiger partial charge >= 0.3 is 5.97 Å². The summed E-state index contributed by atoms with van der Waals surface area (Å²) in [7, 11) is 0. The molecule has 0 radical (unpaired) electrons. The van der Waals surface area contributed by atoms with Crippen molar-refractivity contribution in [3.8, 4) is 5.75 Å². The molecular weight excluding hydrogens is 242 g/mol. The first-order valence-electron chi connectivity index (χ1n) is 5.92. The number of hydrogen-bond donors (Lipinski definition) is 3. The van der Waals surface area contributed by atoms with Gasteiger partial charge in [0.1, 0.15) is 5.75 Å². The van der Waals surface area contributed by atoms with E-state index in [1.807, 2.05) is 0 Å². The number of anilines is 1. The van der Waals surface area contributed by atoms with Crippen LogP contribution in [-0.2, 0) is 11.2 Å². The molecular formula is C15H15NO3. The van der Waals surface area contributed by atoms with Gasteiger partial charge < -0.3 is 15.9 Å². The van der Waals surface area contributed by atoms with Crippen LogP contribution < -0.4 is 5.73 Å². The van der Waals surface area contributed by atoms with Crippen molar-refractivity contribution in [2.24, 2.45) is 0 Å². The third-order valence-corrected chi connectivity index (χ3v) is 2.99. The Labute approximate surface area is 111 Å². The fourth-order valence-corrected chi connectivity index (χ4v) is 2.00. The lowest BCUT2D eigenvalue weighted by molar-refractivity contribution is -0.138. The van der Waals surface area contributed by atoms with E-state index in [1.54, 1.807) is 48.5 Å². The molecule has 0 aliphatic rings. The van der Waals surface area contributed by atoms with Crippen LogP contribution in [0.2, 0.25) is 0 Å². The summed E-state index contributed by atoms with van der Waals surface area (Å²) in [5, 5.41) is 18.7. The third kappa shape index (κ3) is 3.25. The van der Waals surface area contributed by atoms with Crippen LogP contribution in [0.25, 0.3) is 0 Å². The molecule has 0 saturated carbocycles. The minimum atomic E-state index is -0.895. The number of carbonyl (C=O) groups is 1. The number of phenols is 1. The summed E-state index contributed by atoms with van der Waals surface area (Å²) in [5.74, 6) is -1.41. The average molecular weight is 257 g/mol. The third-order valence-electron chi connectivity index (χ3n) is 2.99. The van der Waals surface area contributed by atoms with Crippen molar-refractivity contribution in [1.29, 1.82) is 0 Å². The molecule has 4 nitrogen and oxygen atoms in total. The van der Waals surface area contributed by atoms with Crippen LogP contribution in [0.4, 0.5) is 5.69 Å². The summed E-state index contributed by atoms with van der Waals surface area (Å²) in [5.41, 5.74) is 7.68. The summed E-state index contributed by atoms with van der Waals surface area (Å²) < 4.78 is 0. The van der Waals surface area contributed by atoms with E-state index < -0.39 is 11.9 Å². The standard InChI is InChI=1S/C15H15NO3/c16-12-6-4-11(5-7-12)14(15(18)19)9-10-2-1-3-13(17)8-10/h1-8,14,17H,9,16H2,(H,18,19). The van der Waals surface area contributed by atoms with Gasteiger partial charge in [-0.3, -0.25) is 4.79 Å². The lowest BCUT2D eigenvalue weighted by Gasteiger charge is -2.13. The normalized spacial score (nSPS) is 12.0. The second kappa shape index (κ2) is 5.44. The Morgan fingerprint density at radius 1 is 1.16 bits per heavy atom. The van der Waals surface area contributed by atoms with Crippen molar-refractivity contribution in [3.05, 3.63) is 59.7 Å². The van der Waals surface area contributed by atoms with E-state index >= 15 is 0 Å². The van der Waals surface area contributed by atoms with Gasteiger partial charge in [0, 0.05) is 5.69 Å². The van der Waals surface area contributed by atoms with Gasteiger partial charge in [-0.2, -0.15) is 0 Å². The number of carboxylic acid groups (broad SMARTS) is 1. The molecule has 0 saturated heterocycles. The number of aromatic hydroxyl groups is 1. The van der Waals surface area contributed by atoms with Crippen molar-refractivity contribution in [3.63, 3.8) is 0 Å². The van der Waals surface area contributed by atoms with Crippen LogP contribution in [0, 0.1) is 0 Å². The first-order chi connectivity index (χ1) is 9.06. The average Bonchev–Trinajstić information content (AvgIpc) is 2.37. The second-order valence-corrected chi connectivity index (χ2v) is 4.43. The van der Waals surface area contributed by atoms with E-state index in [0.717, 1.165) is 5.56 Å². The monoisotopic (exact) mass is 257 g/mol. The maximum absolute atomic E-state index is 11.4. The van der Waals surface area contributed by atoms with Crippen LogP contribution in [0.3, 0.4) is 0 Å². The minimum Gasteiger partial charge on any atom is -0.508 e. The van der Waals surface area contributed by atoms with E-state index in [2.05, 4.69) is 0 Å². The van der Waals surface area contributed by atoms with E-state index in [0.29, 0.717) is 17.7 Å². The molecule has 2 aromatic rings. The van der Waals surface area contributed by atoms with Crippen LogP contribution in [0.1, 0.15) is 17.0 Å². The molecule has 4 N–H and O–H groups in total. The largest absolute Gasteiger partial charge is 0.508 e. The maximum atomic E-state index is 11.4. The molecule has 2 aromatic carbocycles. The van der Waals surface area contributed by atoms with Crippen molar-refractivity contribution in [2.75, 3.05) is 5.73 Å². The lowest BCUT2D eigenvalue weighted by Crippen LogP contribution is -2.14. The van der Waals surface area contributed by atoms with Gasteiger partial charge in [0.05, 0.1) is 5.92 Å². The molecule has 98 valence electrons. The molecule has 0 heterocycles. The fraction of sp³-hybridized carbons (Fsp3) is 0.133. The molecule has 1 unspecified atom stereocenters. The zero-order valence-corrected chi connectivity index (χ0v) is 10.3. The summed E-state index contributed by atoms with van der Waals surface area (Å²) in [6.45, 7) is 0. The highest BCUT2D eigenvalue weighted by atomic mass is 16.4. The number of benzene rings is 2. The number of carboxylic acids is 1. The molecule has 19 heavy (non-hydrogen) atoms. The zero-order chi connectivity index (χ0) is 13.8. The summed E-state index contributed by atoms with van der Waals surface area (Å²) in [6.07, 6.45) is 0.327. The van der Waals surface area contributed by atoms with Gasteiger partial charge in [0.15, 0.2) is 0 Å². The first kappa shape index (κ1) is 13.0. The highest BCUT2D eigenvalue weighted by Gasteiger charge is 2.20. The predicted octanol–water partition coefficient (Wildman–Crippen LogP) is 2.39. The second-order valence-electron chi connectivity index (χ2n) is 4.43. The Morgan fingerprint density at radius 3 is 2.42 bits per heavy atom. The van der Waals surface area contributed by atoms with E-state index in [9.17, 15) is 15.0 Å². The van der Waals surface area contributed by atoms with Crippen LogP contribution in [-0.4, -0.2) is 16.2 Å². The van der Waals surface area contributed by atoms with Crippen LogP contribution >= 0.6 is 0 Å². The first-order valence-corrected chi connectivity index (χ1v) is 5.92. The van der Waals surface area contributed by atoms with Gasteiger partial charge in [0.2, 0.25) is 0 Å². The molecule has 0 amide bonds. The minimum absolute atomic E-state index is 0.138. The van der Waals surface area contributed by atoms with E-state index in [-0.39, 0.29) is 5.75 Å². The van der Waals surface area contributed by atoms with Gasteiger partial charge in [-0.25, -0.2) is 0 Å². The van der Waals surface area contributed by atoms with Crippen molar-refractivity contribution >= 4 is 11.7 Å². The molecule has 1 atom stereocenters. The number of aliphatic carboxylic acids is 1. The Kier molecular flexibility index (Phi) is 3.71. The van der Waals surface area contributed by atoms with Gasteiger partial charge in [0.25, 0.3) is 0 Å². The molecule has 0 aliphatic heterocycles. The van der Waals surface area contributed by atoms with E-state index in [1.165, 1.54) is 0 Å². The molecule has 0 fully saturated rings. The van der Waals surface area contributed by atoms with Crippen molar-refractivity contribution in [2.45, 2.75) is 12.3 Å². The fourth-order valence-electron chi connectivity index (χ4n) is 2.00. The van der Waals surface area contributed by atoms with E-state index in [4.69, 9.17) is 5.73 Å². The van der Waals surface area contributed by atoms with Crippen molar-refractivity contribution < 1.29 is 15.0 Å². The topological polar surface area (TPSA) is 83.5 Å². The number of rotatable bonds is 4. The molecule has 0 bridgehead atoms. The molecule has 0 aromatic heterocycles. The van der Waals surface area contributed by atoms with Crippen LogP contribution in [0.5, 0.6) is 5.75 Å².